The minimum atomic E-state index is -0.0392. The molecule has 0 fully saturated rings. The van der Waals surface area contributed by atoms with Crippen molar-refractivity contribution in [3.8, 4) is 0 Å². The van der Waals surface area contributed by atoms with Crippen LogP contribution in [0.25, 0.3) is 0 Å². The SMILES string of the molecule is Cc1cccc(Cn2cc(NC(=O)CCn3nc(C)cc3C)cn2)c1. The van der Waals surface area contributed by atoms with Gasteiger partial charge in [-0.05, 0) is 32.4 Å². The highest BCUT2D eigenvalue weighted by atomic mass is 16.1. The number of nitrogens with one attached hydrogen (secondary N) is 1. The molecule has 2 heterocycles. The number of hydrogen-bond acceptors (Lipinski definition) is 3. The monoisotopic (exact) mass is 337 g/mol. The third-order valence-electron chi connectivity index (χ3n) is 4.00. The van der Waals surface area contributed by atoms with Crippen molar-refractivity contribution in [3.63, 3.8) is 0 Å². The fourth-order valence-electron chi connectivity index (χ4n) is 2.84. The van der Waals surface area contributed by atoms with E-state index in [0.29, 0.717) is 25.2 Å². The Labute approximate surface area is 147 Å². The molecule has 6 heteroatoms. The molecule has 25 heavy (non-hydrogen) atoms. The molecule has 3 rings (SSSR count). The van der Waals surface area contributed by atoms with Gasteiger partial charge in [-0.3, -0.25) is 14.2 Å². The van der Waals surface area contributed by atoms with Gasteiger partial charge in [0.1, 0.15) is 0 Å². The second-order valence-electron chi connectivity index (χ2n) is 6.36. The summed E-state index contributed by atoms with van der Waals surface area (Å²) in [6.45, 7) is 7.27. The maximum absolute atomic E-state index is 12.1. The van der Waals surface area contributed by atoms with Crippen LogP contribution in [0.4, 0.5) is 5.69 Å². The van der Waals surface area contributed by atoms with Crippen molar-refractivity contribution in [2.24, 2.45) is 0 Å². The third-order valence-corrected chi connectivity index (χ3v) is 4.00. The summed E-state index contributed by atoms with van der Waals surface area (Å²) in [5.41, 5.74) is 5.16. The molecular formula is C19H23N5O. The van der Waals surface area contributed by atoms with Crippen molar-refractivity contribution in [2.45, 2.75) is 40.3 Å². The maximum Gasteiger partial charge on any atom is 0.226 e. The average molecular weight is 337 g/mol. The first-order valence-corrected chi connectivity index (χ1v) is 8.38. The number of rotatable bonds is 6. The van der Waals surface area contributed by atoms with E-state index in [0.717, 1.165) is 11.4 Å². The van der Waals surface area contributed by atoms with Crippen molar-refractivity contribution in [3.05, 3.63) is 65.2 Å². The highest BCUT2D eigenvalue weighted by Gasteiger charge is 2.07. The Morgan fingerprint density at radius 1 is 1.20 bits per heavy atom. The lowest BCUT2D eigenvalue weighted by Gasteiger charge is -2.05. The Kier molecular flexibility index (Phi) is 4.97. The molecule has 2 aromatic heterocycles. The van der Waals surface area contributed by atoms with E-state index in [1.54, 1.807) is 6.20 Å². The lowest BCUT2D eigenvalue weighted by atomic mass is 10.1. The van der Waals surface area contributed by atoms with Crippen LogP contribution in [-0.4, -0.2) is 25.5 Å². The number of carbonyl (C=O) groups excluding carboxylic acids is 1. The van der Waals surface area contributed by atoms with E-state index in [2.05, 4.69) is 40.6 Å². The zero-order valence-electron chi connectivity index (χ0n) is 14.9. The van der Waals surface area contributed by atoms with Crippen LogP contribution >= 0.6 is 0 Å². The molecule has 1 amide bonds. The molecule has 0 atom stereocenters. The van der Waals surface area contributed by atoms with Crippen molar-refractivity contribution in [1.29, 1.82) is 0 Å². The molecule has 1 aromatic carbocycles. The van der Waals surface area contributed by atoms with Crippen molar-refractivity contribution < 1.29 is 4.79 Å². The van der Waals surface area contributed by atoms with Gasteiger partial charge in [0, 0.05) is 24.9 Å². The number of aryl methyl sites for hydroxylation is 4. The van der Waals surface area contributed by atoms with Crippen LogP contribution in [0.3, 0.4) is 0 Å². The molecule has 130 valence electrons. The van der Waals surface area contributed by atoms with Crippen LogP contribution in [0.5, 0.6) is 0 Å². The fourth-order valence-corrected chi connectivity index (χ4v) is 2.84. The van der Waals surface area contributed by atoms with Crippen LogP contribution in [0.1, 0.15) is 28.9 Å². The van der Waals surface area contributed by atoms with E-state index >= 15 is 0 Å². The van der Waals surface area contributed by atoms with E-state index in [1.165, 1.54) is 11.1 Å². The lowest BCUT2D eigenvalue weighted by molar-refractivity contribution is -0.116. The molecule has 0 saturated carbocycles. The number of benzene rings is 1. The second-order valence-corrected chi connectivity index (χ2v) is 6.36. The highest BCUT2D eigenvalue weighted by Crippen LogP contribution is 2.10. The number of carbonyl (C=O) groups is 1. The quantitative estimate of drug-likeness (QED) is 0.752. The first-order chi connectivity index (χ1) is 12.0. The minimum Gasteiger partial charge on any atom is -0.323 e. The summed E-state index contributed by atoms with van der Waals surface area (Å²) in [7, 11) is 0. The van der Waals surface area contributed by atoms with Crippen molar-refractivity contribution in [2.75, 3.05) is 5.32 Å². The van der Waals surface area contributed by atoms with Crippen LogP contribution < -0.4 is 5.32 Å². The predicted octanol–water partition coefficient (Wildman–Crippen LogP) is 3.08. The summed E-state index contributed by atoms with van der Waals surface area (Å²) in [5, 5.41) is 11.6. The Hall–Kier alpha value is -2.89. The normalized spacial score (nSPS) is 10.8. The Morgan fingerprint density at radius 2 is 2.04 bits per heavy atom. The van der Waals surface area contributed by atoms with Crippen LogP contribution in [0.2, 0.25) is 0 Å². The third kappa shape index (κ3) is 4.56. The van der Waals surface area contributed by atoms with Gasteiger partial charge in [0.15, 0.2) is 0 Å². The molecule has 0 unspecified atom stereocenters. The largest absolute Gasteiger partial charge is 0.323 e. The van der Waals surface area contributed by atoms with Gasteiger partial charge in [0.2, 0.25) is 5.91 Å². The van der Waals surface area contributed by atoms with E-state index in [9.17, 15) is 4.79 Å². The van der Waals surface area contributed by atoms with Gasteiger partial charge in [-0.15, -0.1) is 0 Å². The summed E-state index contributed by atoms with van der Waals surface area (Å²) in [5.74, 6) is -0.0392. The topological polar surface area (TPSA) is 64.7 Å². The molecule has 1 N–H and O–H groups in total. The van der Waals surface area contributed by atoms with Gasteiger partial charge >= 0.3 is 0 Å². The van der Waals surface area contributed by atoms with Gasteiger partial charge < -0.3 is 5.32 Å². The van der Waals surface area contributed by atoms with Gasteiger partial charge in [-0.25, -0.2) is 0 Å². The van der Waals surface area contributed by atoms with E-state index < -0.39 is 0 Å². The van der Waals surface area contributed by atoms with Crippen LogP contribution in [0.15, 0.2) is 42.7 Å². The molecule has 0 bridgehead atoms. The Morgan fingerprint density at radius 3 is 2.76 bits per heavy atom. The number of hydrogen-bond donors (Lipinski definition) is 1. The lowest BCUT2D eigenvalue weighted by Crippen LogP contribution is -2.15. The summed E-state index contributed by atoms with van der Waals surface area (Å²) in [6, 6.07) is 10.3. The summed E-state index contributed by atoms with van der Waals surface area (Å²) in [4.78, 5) is 12.1. The second kappa shape index (κ2) is 7.34. The first-order valence-electron chi connectivity index (χ1n) is 8.38. The molecule has 0 aliphatic carbocycles. The molecule has 0 saturated heterocycles. The van der Waals surface area contributed by atoms with E-state index in [1.807, 2.05) is 41.5 Å². The van der Waals surface area contributed by atoms with Gasteiger partial charge in [0.25, 0.3) is 0 Å². The highest BCUT2D eigenvalue weighted by molar-refractivity contribution is 5.90. The summed E-state index contributed by atoms with van der Waals surface area (Å²) >= 11 is 0. The average Bonchev–Trinajstić information content (AvgIpc) is 3.11. The summed E-state index contributed by atoms with van der Waals surface area (Å²) in [6.07, 6.45) is 3.91. The summed E-state index contributed by atoms with van der Waals surface area (Å²) < 4.78 is 3.68. The Bertz CT molecular complexity index is 878. The molecule has 0 spiro atoms. The number of anilines is 1. The fraction of sp³-hybridized carbons (Fsp3) is 0.316. The van der Waals surface area contributed by atoms with Gasteiger partial charge in [-0.1, -0.05) is 29.8 Å². The number of aromatic nitrogens is 4. The molecule has 6 nitrogen and oxygen atoms in total. The smallest absolute Gasteiger partial charge is 0.226 e. The zero-order valence-corrected chi connectivity index (χ0v) is 14.9. The molecule has 0 radical (unpaired) electrons. The van der Waals surface area contributed by atoms with Gasteiger partial charge in [0.05, 0.1) is 24.1 Å². The van der Waals surface area contributed by atoms with Gasteiger partial charge in [-0.2, -0.15) is 10.2 Å². The predicted molar refractivity (Wildman–Crippen MR) is 97.5 cm³/mol. The van der Waals surface area contributed by atoms with Crippen molar-refractivity contribution >= 4 is 11.6 Å². The number of amides is 1. The number of nitrogens with zero attached hydrogens (tertiary/aromatic N) is 4. The van der Waals surface area contributed by atoms with E-state index in [-0.39, 0.29) is 5.91 Å². The Balaban J connectivity index is 1.54. The van der Waals surface area contributed by atoms with Crippen molar-refractivity contribution in [1.82, 2.24) is 19.6 Å². The van der Waals surface area contributed by atoms with E-state index in [4.69, 9.17) is 0 Å². The zero-order chi connectivity index (χ0) is 17.8. The standard InChI is InChI=1S/C19H23N5O/c1-14-5-4-6-17(9-14)12-23-13-18(11-20-23)21-19(25)7-8-24-16(3)10-15(2)22-24/h4-6,9-11,13H,7-8,12H2,1-3H3,(H,21,25). The van der Waals surface area contributed by atoms with Crippen LogP contribution in [-0.2, 0) is 17.9 Å². The maximum atomic E-state index is 12.1. The molecular weight excluding hydrogens is 314 g/mol. The minimum absolute atomic E-state index is 0.0392. The first kappa shape index (κ1) is 17.0. The molecule has 0 aliphatic rings. The van der Waals surface area contributed by atoms with Crippen LogP contribution in [0, 0.1) is 20.8 Å². The molecule has 0 aliphatic heterocycles. The molecule has 3 aromatic rings.